The van der Waals surface area contributed by atoms with E-state index in [2.05, 4.69) is 11.5 Å². The SMILES string of the molecule is C=CC(c1ccc(C)cc1)S(=O)(=O)N1CCN(c2ccc(CN)cc2)CC1.CC. The third-order valence-electron chi connectivity index (χ3n) is 5.08. The first kappa shape index (κ1) is 23.1. The van der Waals surface area contributed by atoms with Crippen LogP contribution in [-0.4, -0.2) is 38.9 Å². The largest absolute Gasteiger partial charge is 0.369 e. The molecule has 0 aromatic heterocycles. The number of rotatable bonds is 6. The van der Waals surface area contributed by atoms with Crippen molar-refractivity contribution in [2.45, 2.75) is 32.6 Å². The molecule has 0 spiro atoms. The second-order valence-electron chi connectivity index (χ2n) is 6.87. The molecule has 0 amide bonds. The van der Waals surface area contributed by atoms with Gasteiger partial charge in [0, 0.05) is 38.4 Å². The molecule has 0 bridgehead atoms. The van der Waals surface area contributed by atoms with E-state index in [0.29, 0.717) is 32.7 Å². The lowest BCUT2D eigenvalue weighted by molar-refractivity contribution is 0.382. The molecule has 0 radical (unpaired) electrons. The third-order valence-corrected chi connectivity index (χ3v) is 7.27. The smallest absolute Gasteiger partial charge is 0.224 e. The molecule has 1 atom stereocenters. The van der Waals surface area contributed by atoms with Gasteiger partial charge in [-0.2, -0.15) is 4.31 Å². The molecule has 6 heteroatoms. The monoisotopic (exact) mass is 415 g/mol. The number of nitrogens with two attached hydrogens (primary N) is 1. The maximum absolute atomic E-state index is 13.2. The van der Waals surface area contributed by atoms with Crippen LogP contribution in [0.4, 0.5) is 5.69 Å². The average molecular weight is 416 g/mol. The summed E-state index contributed by atoms with van der Waals surface area (Å²) in [6, 6.07) is 15.7. The normalized spacial score (nSPS) is 15.9. The van der Waals surface area contributed by atoms with Crippen molar-refractivity contribution in [3.05, 3.63) is 77.9 Å². The minimum atomic E-state index is -3.48. The molecular formula is C23H33N3O2S. The van der Waals surface area contributed by atoms with Crippen LogP contribution in [-0.2, 0) is 16.6 Å². The number of hydrogen-bond acceptors (Lipinski definition) is 4. The van der Waals surface area contributed by atoms with Crippen molar-refractivity contribution in [1.29, 1.82) is 0 Å². The quantitative estimate of drug-likeness (QED) is 0.728. The van der Waals surface area contributed by atoms with E-state index in [9.17, 15) is 8.42 Å². The molecule has 1 unspecified atom stereocenters. The van der Waals surface area contributed by atoms with Crippen molar-refractivity contribution in [3.8, 4) is 0 Å². The fourth-order valence-electron chi connectivity index (χ4n) is 3.39. The van der Waals surface area contributed by atoms with Crippen molar-refractivity contribution in [1.82, 2.24) is 4.31 Å². The highest BCUT2D eigenvalue weighted by Crippen LogP contribution is 2.28. The molecular weight excluding hydrogens is 382 g/mol. The molecule has 0 saturated carbocycles. The minimum Gasteiger partial charge on any atom is -0.369 e. The van der Waals surface area contributed by atoms with Gasteiger partial charge in [-0.15, -0.1) is 6.58 Å². The highest BCUT2D eigenvalue weighted by Gasteiger charge is 2.33. The zero-order valence-corrected chi connectivity index (χ0v) is 18.5. The molecule has 158 valence electrons. The van der Waals surface area contributed by atoms with Gasteiger partial charge in [0.15, 0.2) is 0 Å². The summed E-state index contributed by atoms with van der Waals surface area (Å²) < 4.78 is 27.9. The summed E-state index contributed by atoms with van der Waals surface area (Å²) in [6.07, 6.45) is 1.53. The van der Waals surface area contributed by atoms with E-state index in [1.807, 2.05) is 69.3 Å². The summed E-state index contributed by atoms with van der Waals surface area (Å²) in [5.74, 6) is 0. The zero-order valence-electron chi connectivity index (χ0n) is 17.7. The number of nitrogens with zero attached hydrogens (tertiary/aromatic N) is 2. The number of hydrogen-bond donors (Lipinski definition) is 1. The first-order valence-corrected chi connectivity index (χ1v) is 11.7. The molecule has 1 aliphatic heterocycles. The van der Waals surface area contributed by atoms with Crippen LogP contribution in [0.3, 0.4) is 0 Å². The second kappa shape index (κ2) is 10.6. The van der Waals surface area contributed by atoms with Crippen LogP contribution in [0.15, 0.2) is 61.2 Å². The van der Waals surface area contributed by atoms with Gasteiger partial charge in [-0.3, -0.25) is 0 Å². The number of piperazine rings is 1. The van der Waals surface area contributed by atoms with Gasteiger partial charge in [0.1, 0.15) is 5.25 Å². The van der Waals surface area contributed by atoms with Gasteiger partial charge in [-0.05, 0) is 30.2 Å². The first-order chi connectivity index (χ1) is 14.0. The van der Waals surface area contributed by atoms with E-state index in [1.54, 1.807) is 4.31 Å². The lowest BCUT2D eigenvalue weighted by Gasteiger charge is -2.36. The number of anilines is 1. The summed E-state index contributed by atoms with van der Waals surface area (Å²) in [6.45, 7) is 12.6. The van der Waals surface area contributed by atoms with Crippen LogP contribution >= 0.6 is 0 Å². The van der Waals surface area contributed by atoms with E-state index in [1.165, 1.54) is 6.08 Å². The summed E-state index contributed by atoms with van der Waals surface area (Å²) in [4.78, 5) is 2.21. The van der Waals surface area contributed by atoms with Gasteiger partial charge in [-0.1, -0.05) is 61.9 Å². The molecule has 0 aliphatic carbocycles. The van der Waals surface area contributed by atoms with Crippen LogP contribution in [0.25, 0.3) is 0 Å². The third kappa shape index (κ3) is 5.47. The van der Waals surface area contributed by atoms with Crippen LogP contribution in [0.2, 0.25) is 0 Å². The molecule has 2 aromatic carbocycles. The van der Waals surface area contributed by atoms with E-state index in [-0.39, 0.29) is 0 Å². The van der Waals surface area contributed by atoms with Crippen molar-refractivity contribution in [3.63, 3.8) is 0 Å². The molecule has 29 heavy (non-hydrogen) atoms. The standard InChI is InChI=1S/C21H27N3O2S.C2H6/c1-3-21(19-8-4-17(2)5-9-19)27(25,26)24-14-12-23(13-15-24)20-10-6-18(16-22)7-11-20;1-2/h3-11,21H,1,12-16,22H2,2H3;1-2H3. The molecule has 2 aromatic rings. The summed E-state index contributed by atoms with van der Waals surface area (Å²) in [5.41, 5.74) is 9.70. The number of sulfonamides is 1. The fraction of sp³-hybridized carbons (Fsp3) is 0.391. The van der Waals surface area contributed by atoms with E-state index in [0.717, 1.165) is 22.4 Å². The Morgan fingerprint density at radius 3 is 2.03 bits per heavy atom. The maximum Gasteiger partial charge on any atom is 0.224 e. The molecule has 2 N–H and O–H groups in total. The van der Waals surface area contributed by atoms with E-state index >= 15 is 0 Å². The maximum atomic E-state index is 13.2. The van der Waals surface area contributed by atoms with Gasteiger partial charge in [-0.25, -0.2) is 8.42 Å². The Balaban J connectivity index is 0.00000145. The lowest BCUT2D eigenvalue weighted by atomic mass is 10.1. The lowest BCUT2D eigenvalue weighted by Crippen LogP contribution is -2.49. The van der Waals surface area contributed by atoms with Gasteiger partial charge in [0.2, 0.25) is 10.0 Å². The molecule has 1 saturated heterocycles. The van der Waals surface area contributed by atoms with Crippen molar-refractivity contribution >= 4 is 15.7 Å². The predicted octanol–water partition coefficient (Wildman–Crippen LogP) is 3.86. The molecule has 1 heterocycles. The van der Waals surface area contributed by atoms with Gasteiger partial charge >= 0.3 is 0 Å². The molecule has 3 rings (SSSR count). The predicted molar refractivity (Wildman–Crippen MR) is 123 cm³/mol. The van der Waals surface area contributed by atoms with E-state index < -0.39 is 15.3 Å². The Morgan fingerprint density at radius 1 is 1.00 bits per heavy atom. The topological polar surface area (TPSA) is 66.6 Å². The Kier molecular flexibility index (Phi) is 8.44. The summed E-state index contributed by atoms with van der Waals surface area (Å²) >= 11 is 0. The molecule has 5 nitrogen and oxygen atoms in total. The van der Waals surface area contributed by atoms with Gasteiger partial charge in [0.25, 0.3) is 0 Å². The second-order valence-corrected chi connectivity index (χ2v) is 8.92. The summed E-state index contributed by atoms with van der Waals surface area (Å²) in [7, 11) is -3.48. The Bertz CT molecular complexity index is 869. The van der Waals surface area contributed by atoms with Crippen LogP contribution < -0.4 is 10.6 Å². The number of benzene rings is 2. The van der Waals surface area contributed by atoms with Gasteiger partial charge in [0.05, 0.1) is 0 Å². The Labute approximate surface area is 175 Å². The van der Waals surface area contributed by atoms with Gasteiger partial charge < -0.3 is 10.6 Å². The van der Waals surface area contributed by atoms with Crippen LogP contribution in [0, 0.1) is 6.92 Å². The van der Waals surface area contributed by atoms with Crippen molar-refractivity contribution < 1.29 is 8.42 Å². The minimum absolute atomic E-state index is 0.469. The van der Waals surface area contributed by atoms with Crippen molar-refractivity contribution in [2.75, 3.05) is 31.1 Å². The van der Waals surface area contributed by atoms with Crippen molar-refractivity contribution in [2.24, 2.45) is 5.73 Å². The number of aryl methyl sites for hydroxylation is 1. The zero-order chi connectivity index (χ0) is 21.4. The first-order valence-electron chi connectivity index (χ1n) is 10.2. The van der Waals surface area contributed by atoms with Crippen LogP contribution in [0.5, 0.6) is 0 Å². The molecule has 1 aliphatic rings. The highest BCUT2D eigenvalue weighted by atomic mass is 32.2. The molecule has 1 fully saturated rings. The Hall–Kier alpha value is -2.15. The summed E-state index contributed by atoms with van der Waals surface area (Å²) in [5, 5.41) is -0.714. The van der Waals surface area contributed by atoms with E-state index in [4.69, 9.17) is 5.73 Å². The average Bonchev–Trinajstić information content (AvgIpc) is 2.77. The fourth-order valence-corrected chi connectivity index (χ4v) is 5.13. The Morgan fingerprint density at radius 2 is 1.55 bits per heavy atom. The highest BCUT2D eigenvalue weighted by molar-refractivity contribution is 7.89. The van der Waals surface area contributed by atoms with Crippen LogP contribution in [0.1, 0.15) is 35.8 Å².